The molecule has 0 unspecified atom stereocenters. The highest BCUT2D eigenvalue weighted by molar-refractivity contribution is 7.80. The Balaban J connectivity index is 2.42. The lowest BCUT2D eigenvalue weighted by Gasteiger charge is -2.37. The van der Waals surface area contributed by atoms with E-state index in [0.29, 0.717) is 22.9 Å². The summed E-state index contributed by atoms with van der Waals surface area (Å²) in [6.45, 7) is 6.49. The van der Waals surface area contributed by atoms with Crippen molar-refractivity contribution in [2.45, 2.75) is 26.8 Å². The maximum Gasteiger partial charge on any atom is 0.338 e. The maximum absolute atomic E-state index is 12.6. The minimum Gasteiger partial charge on any atom is -0.463 e. The molecule has 146 valence electrons. The number of ether oxygens (including phenoxy) is 2. The van der Waals surface area contributed by atoms with Crippen molar-refractivity contribution >= 4 is 34.9 Å². The van der Waals surface area contributed by atoms with Gasteiger partial charge in [-0.1, -0.05) is 12.1 Å². The van der Waals surface area contributed by atoms with Gasteiger partial charge in [-0.05, 0) is 50.7 Å². The van der Waals surface area contributed by atoms with Gasteiger partial charge in [0, 0.05) is 25.0 Å². The first-order valence-electron chi connectivity index (χ1n) is 8.77. The zero-order valence-corrected chi connectivity index (χ0v) is 16.8. The van der Waals surface area contributed by atoms with E-state index in [4.69, 9.17) is 21.7 Å². The van der Waals surface area contributed by atoms with Gasteiger partial charge in [-0.25, -0.2) is 4.79 Å². The second-order valence-electron chi connectivity index (χ2n) is 5.95. The first-order valence-corrected chi connectivity index (χ1v) is 9.18. The van der Waals surface area contributed by atoms with Gasteiger partial charge in [-0.2, -0.15) is 0 Å². The summed E-state index contributed by atoms with van der Waals surface area (Å²) in [7, 11) is 1.46. The third-order valence-corrected chi connectivity index (χ3v) is 4.53. The third-order valence-electron chi connectivity index (χ3n) is 4.19. The number of esters is 1. The summed E-state index contributed by atoms with van der Waals surface area (Å²) in [6, 6.07) is 6.81. The topological polar surface area (TPSA) is 79.9 Å². The van der Waals surface area contributed by atoms with Gasteiger partial charge in [0.05, 0.1) is 18.2 Å². The minimum atomic E-state index is -0.460. The van der Waals surface area contributed by atoms with E-state index in [0.717, 1.165) is 11.3 Å². The second kappa shape index (κ2) is 9.48. The molecule has 0 fully saturated rings. The molecule has 8 heteroatoms. The van der Waals surface area contributed by atoms with Crippen molar-refractivity contribution in [3.63, 3.8) is 0 Å². The van der Waals surface area contributed by atoms with Gasteiger partial charge in [-0.3, -0.25) is 4.79 Å². The van der Waals surface area contributed by atoms with Crippen molar-refractivity contribution in [3.8, 4) is 0 Å². The molecule has 0 bridgehead atoms. The van der Waals surface area contributed by atoms with E-state index in [-0.39, 0.29) is 25.1 Å². The van der Waals surface area contributed by atoms with Gasteiger partial charge in [0.1, 0.15) is 6.61 Å². The van der Waals surface area contributed by atoms with E-state index >= 15 is 0 Å². The summed E-state index contributed by atoms with van der Waals surface area (Å²) in [6.07, 6.45) is 0. The van der Waals surface area contributed by atoms with E-state index < -0.39 is 6.04 Å². The SMILES string of the molecule is CCOC(=O)C1=C(C)N(CC)C(=S)N[C@H]1c1cccc(NC(=O)COC)c1. The number of amides is 1. The van der Waals surface area contributed by atoms with Crippen LogP contribution in [0, 0.1) is 0 Å². The van der Waals surface area contributed by atoms with Crippen molar-refractivity contribution < 1.29 is 19.1 Å². The van der Waals surface area contributed by atoms with E-state index in [1.54, 1.807) is 13.0 Å². The second-order valence-corrected chi connectivity index (χ2v) is 6.34. The number of nitrogens with zero attached hydrogens (tertiary/aromatic N) is 1. The van der Waals surface area contributed by atoms with Crippen molar-refractivity contribution in [1.82, 2.24) is 10.2 Å². The molecule has 27 heavy (non-hydrogen) atoms. The fourth-order valence-corrected chi connectivity index (χ4v) is 3.39. The predicted molar refractivity (Wildman–Crippen MR) is 107 cm³/mol. The largest absolute Gasteiger partial charge is 0.463 e. The Morgan fingerprint density at radius 1 is 1.33 bits per heavy atom. The molecule has 1 atom stereocenters. The number of methoxy groups -OCH3 is 1. The number of rotatable bonds is 7. The zero-order chi connectivity index (χ0) is 20.0. The molecule has 7 nitrogen and oxygen atoms in total. The van der Waals surface area contributed by atoms with Crippen LogP contribution in [-0.2, 0) is 19.1 Å². The molecule has 1 aromatic rings. The van der Waals surface area contributed by atoms with Crippen molar-refractivity contribution in [3.05, 3.63) is 41.1 Å². The molecule has 0 spiro atoms. The first kappa shape index (κ1) is 20.9. The Labute approximate surface area is 164 Å². The Hall–Kier alpha value is -2.45. The van der Waals surface area contributed by atoms with Gasteiger partial charge in [0.25, 0.3) is 0 Å². The number of anilines is 1. The van der Waals surface area contributed by atoms with Crippen LogP contribution in [0.1, 0.15) is 32.4 Å². The average Bonchev–Trinajstić information content (AvgIpc) is 2.62. The van der Waals surface area contributed by atoms with Gasteiger partial charge in [0.15, 0.2) is 5.11 Å². The molecule has 0 saturated heterocycles. The van der Waals surface area contributed by atoms with E-state index in [1.807, 2.05) is 36.9 Å². The molecule has 1 aliphatic heterocycles. The fourth-order valence-electron chi connectivity index (χ4n) is 3.01. The van der Waals surface area contributed by atoms with Gasteiger partial charge < -0.3 is 25.0 Å². The third kappa shape index (κ3) is 4.84. The first-order chi connectivity index (χ1) is 12.9. The van der Waals surface area contributed by atoms with Gasteiger partial charge in [-0.15, -0.1) is 0 Å². The molecule has 1 amide bonds. The molecule has 1 aromatic carbocycles. The lowest BCUT2D eigenvalue weighted by Crippen LogP contribution is -2.47. The van der Waals surface area contributed by atoms with E-state index in [9.17, 15) is 9.59 Å². The molecule has 0 aliphatic carbocycles. The summed E-state index contributed by atoms with van der Waals surface area (Å²) in [5.74, 6) is -0.640. The Morgan fingerprint density at radius 3 is 2.70 bits per heavy atom. The molecule has 2 rings (SSSR count). The van der Waals surface area contributed by atoms with Crippen LogP contribution in [0.15, 0.2) is 35.5 Å². The summed E-state index contributed by atoms with van der Waals surface area (Å²) >= 11 is 5.46. The highest BCUT2D eigenvalue weighted by atomic mass is 32.1. The van der Waals surface area contributed by atoms with Crippen LogP contribution in [0.3, 0.4) is 0 Å². The maximum atomic E-state index is 12.6. The Morgan fingerprint density at radius 2 is 2.07 bits per heavy atom. The average molecular weight is 391 g/mol. The number of hydrogen-bond donors (Lipinski definition) is 2. The van der Waals surface area contributed by atoms with Gasteiger partial charge in [0.2, 0.25) is 5.91 Å². The molecule has 1 heterocycles. The lowest BCUT2D eigenvalue weighted by molar-refractivity contribution is -0.139. The van der Waals surface area contributed by atoms with Crippen LogP contribution in [-0.4, -0.2) is 48.8 Å². The molecule has 0 aromatic heterocycles. The van der Waals surface area contributed by atoms with Crippen molar-refractivity contribution in [2.75, 3.05) is 32.2 Å². The Bertz CT molecular complexity index is 763. The number of carbonyl (C=O) groups excluding carboxylic acids is 2. The van der Waals surface area contributed by atoms with Crippen LogP contribution in [0.25, 0.3) is 0 Å². The number of thiocarbonyl (C=S) groups is 1. The molecular formula is C19H25N3O4S. The molecular weight excluding hydrogens is 366 g/mol. The van der Waals surface area contributed by atoms with Gasteiger partial charge >= 0.3 is 5.97 Å². The quantitative estimate of drug-likeness (QED) is 0.546. The van der Waals surface area contributed by atoms with E-state index in [2.05, 4.69) is 10.6 Å². The zero-order valence-electron chi connectivity index (χ0n) is 16.0. The highest BCUT2D eigenvalue weighted by Gasteiger charge is 2.34. The number of benzene rings is 1. The Kier molecular flexibility index (Phi) is 7.32. The number of hydrogen-bond acceptors (Lipinski definition) is 5. The predicted octanol–water partition coefficient (Wildman–Crippen LogP) is 2.36. The van der Waals surface area contributed by atoms with Crippen LogP contribution in [0.2, 0.25) is 0 Å². The number of carbonyl (C=O) groups is 2. The molecule has 2 N–H and O–H groups in total. The number of allylic oxidation sites excluding steroid dienone is 1. The normalized spacial score (nSPS) is 16.8. The summed E-state index contributed by atoms with van der Waals surface area (Å²) in [5.41, 5.74) is 2.68. The molecule has 0 radical (unpaired) electrons. The lowest BCUT2D eigenvalue weighted by atomic mass is 9.94. The van der Waals surface area contributed by atoms with Crippen LogP contribution >= 0.6 is 12.2 Å². The van der Waals surface area contributed by atoms with Crippen LogP contribution in [0.5, 0.6) is 0 Å². The fraction of sp³-hybridized carbons (Fsp3) is 0.421. The molecule has 1 aliphatic rings. The van der Waals surface area contributed by atoms with E-state index in [1.165, 1.54) is 7.11 Å². The van der Waals surface area contributed by atoms with Crippen LogP contribution < -0.4 is 10.6 Å². The monoisotopic (exact) mass is 391 g/mol. The van der Waals surface area contributed by atoms with Crippen LogP contribution in [0.4, 0.5) is 5.69 Å². The summed E-state index contributed by atoms with van der Waals surface area (Å²) in [5, 5.41) is 6.53. The molecule has 0 saturated carbocycles. The minimum absolute atomic E-state index is 0.0332. The van der Waals surface area contributed by atoms with Crippen molar-refractivity contribution in [2.24, 2.45) is 0 Å². The summed E-state index contributed by atoms with van der Waals surface area (Å²) in [4.78, 5) is 26.3. The number of nitrogens with one attached hydrogen (secondary N) is 2. The smallest absolute Gasteiger partial charge is 0.338 e. The standard InChI is InChI=1S/C19H25N3O4S/c1-5-22-12(3)16(18(24)26-6-2)17(21-19(22)27)13-8-7-9-14(10-13)20-15(23)11-25-4/h7-10,17H,5-6,11H2,1-4H3,(H,20,23)(H,21,27)/t17-/m0/s1. The summed E-state index contributed by atoms with van der Waals surface area (Å²) < 4.78 is 10.1. The highest BCUT2D eigenvalue weighted by Crippen LogP contribution is 2.32. The van der Waals surface area contributed by atoms with Crippen molar-refractivity contribution in [1.29, 1.82) is 0 Å².